The van der Waals surface area contributed by atoms with Crippen molar-refractivity contribution in [2.75, 3.05) is 12.3 Å². The molecule has 9 heteroatoms. The van der Waals surface area contributed by atoms with Crippen LogP contribution in [-0.4, -0.2) is 48.0 Å². The van der Waals surface area contributed by atoms with E-state index in [1.807, 2.05) is 0 Å². The smallest absolute Gasteiger partial charge is 0.226 e. The molecule has 1 unspecified atom stereocenters. The maximum Gasteiger partial charge on any atom is 0.226 e. The van der Waals surface area contributed by atoms with Gasteiger partial charge in [0.1, 0.15) is 17.3 Å². The van der Waals surface area contributed by atoms with Crippen molar-refractivity contribution in [1.82, 2.24) is 19.5 Å². The summed E-state index contributed by atoms with van der Waals surface area (Å²) in [6.07, 6.45) is 0.526. The molecule has 1 saturated heterocycles. The van der Waals surface area contributed by atoms with Crippen molar-refractivity contribution in [1.29, 1.82) is 0 Å². The van der Waals surface area contributed by atoms with Crippen LogP contribution in [-0.2, 0) is 4.74 Å². The van der Waals surface area contributed by atoms with E-state index in [2.05, 4.69) is 15.0 Å². The summed E-state index contributed by atoms with van der Waals surface area (Å²) in [4.78, 5) is 12.1. The molecule has 2 aromatic rings. The van der Waals surface area contributed by atoms with Crippen LogP contribution in [0.2, 0.25) is 5.28 Å². The average molecular weight is 300 g/mol. The number of aliphatic hydroxyl groups excluding tert-OH is 2. The van der Waals surface area contributed by atoms with Crippen LogP contribution >= 0.6 is 11.6 Å². The van der Waals surface area contributed by atoms with Gasteiger partial charge in [0, 0.05) is 6.42 Å². The molecule has 8 nitrogen and oxygen atoms in total. The van der Waals surface area contributed by atoms with Gasteiger partial charge in [0.2, 0.25) is 5.28 Å². The number of imidazole rings is 1. The number of anilines is 1. The molecule has 1 fully saturated rings. The normalized spacial score (nSPS) is 30.2. The number of nitrogens with two attached hydrogens (primary N) is 1. The Kier molecular flexibility index (Phi) is 3.05. The zero-order chi connectivity index (χ0) is 14.5. The van der Waals surface area contributed by atoms with E-state index in [4.69, 9.17) is 22.1 Å². The van der Waals surface area contributed by atoms with Gasteiger partial charge in [0.15, 0.2) is 11.5 Å². The van der Waals surface area contributed by atoms with E-state index < -0.39 is 17.9 Å². The summed E-state index contributed by atoms with van der Waals surface area (Å²) < 4.78 is 7.35. The molecule has 0 radical (unpaired) electrons. The quantitative estimate of drug-likeness (QED) is 0.672. The lowest BCUT2D eigenvalue weighted by Crippen LogP contribution is -2.39. The van der Waals surface area contributed by atoms with Crippen molar-refractivity contribution < 1.29 is 14.9 Å². The number of hydrogen-bond donors (Lipinski definition) is 3. The van der Waals surface area contributed by atoms with Crippen molar-refractivity contribution in [2.45, 2.75) is 31.3 Å². The second kappa shape index (κ2) is 4.52. The third-order valence-corrected chi connectivity index (χ3v) is 3.75. The van der Waals surface area contributed by atoms with Gasteiger partial charge < -0.3 is 20.7 Å². The van der Waals surface area contributed by atoms with Crippen LogP contribution in [0.1, 0.15) is 19.6 Å². The average Bonchev–Trinajstić information content (AvgIpc) is 2.92. The minimum absolute atomic E-state index is 0.0141. The van der Waals surface area contributed by atoms with Crippen LogP contribution in [0.15, 0.2) is 6.33 Å². The lowest BCUT2D eigenvalue weighted by Gasteiger charge is -2.24. The molecule has 3 heterocycles. The minimum atomic E-state index is -1.01. The molecule has 1 aliphatic heterocycles. The standard InChI is InChI=1S/C11H14ClN5O3/c1-11(3-18)5(19)2-6(20-11)17-4-14-7-8(13)15-10(12)16-9(7)17/h4-6,18-19H,2-3H2,1H3,(H2,13,15,16)/t5?,6-,11-/m1/s1. The highest BCUT2D eigenvalue weighted by molar-refractivity contribution is 6.28. The highest BCUT2D eigenvalue weighted by atomic mass is 35.5. The fourth-order valence-corrected chi connectivity index (χ4v) is 2.48. The topological polar surface area (TPSA) is 119 Å². The highest BCUT2D eigenvalue weighted by Gasteiger charge is 2.45. The predicted octanol–water partition coefficient (Wildman–Crippen LogP) is 0.0927. The van der Waals surface area contributed by atoms with Crippen LogP contribution in [0.5, 0.6) is 0 Å². The molecular formula is C11H14ClN5O3. The summed E-state index contributed by atoms with van der Waals surface area (Å²) in [5, 5.41) is 19.3. The molecule has 0 spiro atoms. The maximum absolute atomic E-state index is 10.00. The first kappa shape index (κ1) is 13.5. The zero-order valence-electron chi connectivity index (χ0n) is 10.7. The molecule has 0 bridgehead atoms. The summed E-state index contributed by atoms with van der Waals surface area (Å²) in [7, 11) is 0. The van der Waals surface area contributed by atoms with Crippen molar-refractivity contribution in [3.8, 4) is 0 Å². The largest absolute Gasteiger partial charge is 0.393 e. The Balaban J connectivity index is 2.04. The molecule has 3 atom stereocenters. The molecule has 20 heavy (non-hydrogen) atoms. The summed E-state index contributed by atoms with van der Waals surface area (Å²) >= 11 is 5.80. The van der Waals surface area contributed by atoms with E-state index in [0.29, 0.717) is 17.6 Å². The van der Waals surface area contributed by atoms with E-state index in [-0.39, 0.29) is 17.7 Å². The number of fused-ring (bicyclic) bond motifs is 1. The number of nitrogens with zero attached hydrogens (tertiary/aromatic N) is 4. The fraction of sp³-hybridized carbons (Fsp3) is 0.545. The third-order valence-electron chi connectivity index (χ3n) is 3.58. The number of ether oxygens (including phenoxy) is 1. The SMILES string of the molecule is C[C@]1(CO)O[C@@H](n2cnc3c(N)nc(Cl)nc32)CC1O. The molecule has 0 saturated carbocycles. The van der Waals surface area contributed by atoms with Gasteiger partial charge in [-0.3, -0.25) is 4.57 Å². The molecule has 0 aromatic carbocycles. The van der Waals surface area contributed by atoms with E-state index >= 15 is 0 Å². The Morgan fingerprint density at radius 1 is 1.60 bits per heavy atom. The minimum Gasteiger partial charge on any atom is -0.393 e. The van der Waals surface area contributed by atoms with Gasteiger partial charge >= 0.3 is 0 Å². The number of aromatic nitrogens is 4. The summed E-state index contributed by atoms with van der Waals surface area (Å²) in [6, 6.07) is 0. The third kappa shape index (κ3) is 1.92. The number of halogens is 1. The fourth-order valence-electron chi connectivity index (χ4n) is 2.31. The Morgan fingerprint density at radius 3 is 3.00 bits per heavy atom. The lowest BCUT2D eigenvalue weighted by atomic mass is 10.0. The summed E-state index contributed by atoms with van der Waals surface area (Å²) in [5.41, 5.74) is 5.58. The van der Waals surface area contributed by atoms with E-state index in [1.165, 1.54) is 6.33 Å². The molecular weight excluding hydrogens is 286 g/mol. The monoisotopic (exact) mass is 299 g/mol. The van der Waals surface area contributed by atoms with Crippen LogP contribution in [0.4, 0.5) is 5.82 Å². The van der Waals surface area contributed by atoms with Gasteiger partial charge in [-0.25, -0.2) is 4.98 Å². The van der Waals surface area contributed by atoms with Gasteiger partial charge in [-0.15, -0.1) is 0 Å². The van der Waals surface area contributed by atoms with Gasteiger partial charge in [0.25, 0.3) is 0 Å². The molecule has 2 aromatic heterocycles. The van der Waals surface area contributed by atoms with Gasteiger partial charge in [-0.05, 0) is 18.5 Å². The van der Waals surface area contributed by atoms with Crippen molar-refractivity contribution in [2.24, 2.45) is 0 Å². The van der Waals surface area contributed by atoms with Crippen LogP contribution in [0.3, 0.4) is 0 Å². The maximum atomic E-state index is 10.00. The van der Waals surface area contributed by atoms with Crippen LogP contribution in [0, 0.1) is 0 Å². The molecule has 4 N–H and O–H groups in total. The molecule has 108 valence electrons. The van der Waals surface area contributed by atoms with Gasteiger partial charge in [0.05, 0.1) is 19.0 Å². The molecule has 3 rings (SSSR count). The summed E-state index contributed by atoms with van der Waals surface area (Å²) in [6.45, 7) is 1.36. The van der Waals surface area contributed by atoms with Gasteiger partial charge in [-0.1, -0.05) is 0 Å². The zero-order valence-corrected chi connectivity index (χ0v) is 11.4. The Bertz CT molecular complexity index is 663. The number of rotatable bonds is 2. The van der Waals surface area contributed by atoms with Gasteiger partial charge in [-0.2, -0.15) is 9.97 Å². The number of hydrogen-bond acceptors (Lipinski definition) is 7. The van der Waals surface area contributed by atoms with E-state index in [9.17, 15) is 10.2 Å². The first-order valence-electron chi connectivity index (χ1n) is 6.07. The molecule has 0 amide bonds. The van der Waals surface area contributed by atoms with Crippen molar-refractivity contribution in [3.05, 3.63) is 11.6 Å². The Labute approximate surface area is 119 Å². The highest BCUT2D eigenvalue weighted by Crippen LogP contribution is 2.37. The van der Waals surface area contributed by atoms with E-state index in [1.54, 1.807) is 11.5 Å². The summed E-state index contributed by atoms with van der Waals surface area (Å²) in [5.74, 6) is 0.183. The first-order valence-corrected chi connectivity index (χ1v) is 6.44. The van der Waals surface area contributed by atoms with Crippen molar-refractivity contribution in [3.63, 3.8) is 0 Å². The molecule has 1 aliphatic rings. The van der Waals surface area contributed by atoms with Crippen LogP contribution < -0.4 is 5.73 Å². The Hall–Kier alpha value is -1.48. The second-order valence-corrected chi connectivity index (χ2v) is 5.33. The van der Waals surface area contributed by atoms with Crippen LogP contribution in [0.25, 0.3) is 11.2 Å². The van der Waals surface area contributed by atoms with Crippen molar-refractivity contribution >= 4 is 28.6 Å². The lowest BCUT2D eigenvalue weighted by molar-refractivity contribution is -0.115. The predicted molar refractivity (Wildman–Crippen MR) is 71.0 cm³/mol. The molecule has 0 aliphatic carbocycles. The first-order chi connectivity index (χ1) is 9.44. The number of aliphatic hydroxyl groups is 2. The second-order valence-electron chi connectivity index (χ2n) is 5.00. The number of nitrogen functional groups attached to an aromatic ring is 1. The Morgan fingerprint density at radius 2 is 2.35 bits per heavy atom. The van der Waals surface area contributed by atoms with E-state index in [0.717, 1.165) is 0 Å².